The molecule has 4 nitrogen and oxygen atoms in total. The number of hydrogen-bond donors (Lipinski definition) is 2. The van der Waals surface area contributed by atoms with Crippen LogP contribution in [0.15, 0.2) is 39.3 Å². The van der Waals surface area contributed by atoms with Crippen LogP contribution in [0.5, 0.6) is 5.75 Å². The number of rotatable bonds is 3. The Labute approximate surface area is 161 Å². The molecule has 1 aliphatic heterocycles. The summed E-state index contributed by atoms with van der Waals surface area (Å²) in [6.45, 7) is 0. The lowest BCUT2D eigenvalue weighted by atomic mass is 9.99. The number of benzene rings is 2. The molecule has 1 saturated carbocycles. The normalized spacial score (nSPS) is 17.5. The minimum atomic E-state index is -0.202. The first kappa shape index (κ1) is 16.5. The highest BCUT2D eigenvalue weighted by atomic mass is 79.9. The van der Waals surface area contributed by atoms with Crippen LogP contribution in [0.4, 0.5) is 5.69 Å². The third kappa shape index (κ3) is 3.04. The van der Waals surface area contributed by atoms with Gasteiger partial charge in [-0.2, -0.15) is 0 Å². The molecule has 2 aliphatic rings. The van der Waals surface area contributed by atoms with Crippen molar-refractivity contribution in [3.8, 4) is 5.75 Å². The minimum Gasteiger partial charge on any atom is -0.506 e. The fourth-order valence-electron chi connectivity index (χ4n) is 2.90. The maximum absolute atomic E-state index is 12.4. The van der Waals surface area contributed by atoms with Crippen molar-refractivity contribution < 1.29 is 14.7 Å². The third-order valence-corrected chi connectivity index (χ3v) is 5.59. The van der Waals surface area contributed by atoms with Crippen LogP contribution >= 0.6 is 31.9 Å². The number of ketones is 1. The van der Waals surface area contributed by atoms with E-state index in [9.17, 15) is 14.7 Å². The second-order valence-electron chi connectivity index (χ2n) is 6.24. The third-order valence-electron chi connectivity index (χ3n) is 4.39. The molecule has 1 fully saturated rings. The Hall–Kier alpha value is -1.92. The first-order valence-electron chi connectivity index (χ1n) is 7.84. The largest absolute Gasteiger partial charge is 0.506 e. The zero-order valence-corrected chi connectivity index (χ0v) is 16.1. The van der Waals surface area contributed by atoms with Crippen molar-refractivity contribution in [2.45, 2.75) is 12.8 Å². The number of carbonyl (C=O) groups excluding carboxylic acids is 2. The quantitative estimate of drug-likeness (QED) is 0.498. The smallest absolute Gasteiger partial charge is 0.256 e. The number of fused-ring (bicyclic) bond motifs is 1. The van der Waals surface area contributed by atoms with E-state index in [0.29, 0.717) is 25.8 Å². The van der Waals surface area contributed by atoms with Crippen molar-refractivity contribution in [2.24, 2.45) is 5.92 Å². The van der Waals surface area contributed by atoms with Gasteiger partial charge in [-0.3, -0.25) is 9.59 Å². The Bertz CT molecular complexity index is 938. The van der Waals surface area contributed by atoms with Gasteiger partial charge in [-0.1, -0.05) is 0 Å². The van der Waals surface area contributed by atoms with Crippen LogP contribution in [-0.2, 0) is 4.79 Å². The first-order valence-corrected chi connectivity index (χ1v) is 9.42. The minimum absolute atomic E-state index is 0.107. The zero-order valence-electron chi connectivity index (χ0n) is 13.0. The lowest BCUT2D eigenvalue weighted by Gasteiger charge is -2.05. The average Bonchev–Trinajstić information content (AvgIpc) is 3.38. The number of aromatic hydroxyl groups is 1. The van der Waals surface area contributed by atoms with Crippen LogP contribution in [0.3, 0.4) is 0 Å². The number of amides is 1. The van der Waals surface area contributed by atoms with Crippen molar-refractivity contribution in [2.75, 3.05) is 5.32 Å². The molecule has 2 N–H and O–H groups in total. The van der Waals surface area contributed by atoms with Gasteiger partial charge >= 0.3 is 0 Å². The van der Waals surface area contributed by atoms with E-state index in [-0.39, 0.29) is 23.4 Å². The first-order chi connectivity index (χ1) is 11.9. The molecular weight excluding hydrogens is 450 g/mol. The molecule has 0 radical (unpaired) electrons. The monoisotopic (exact) mass is 461 g/mol. The maximum Gasteiger partial charge on any atom is 0.256 e. The molecule has 1 amide bonds. The summed E-state index contributed by atoms with van der Waals surface area (Å²) >= 11 is 6.58. The highest BCUT2D eigenvalue weighted by Crippen LogP contribution is 2.39. The van der Waals surface area contributed by atoms with Crippen LogP contribution in [0, 0.1) is 5.92 Å². The average molecular weight is 463 g/mol. The van der Waals surface area contributed by atoms with Crippen LogP contribution in [0.25, 0.3) is 11.6 Å². The van der Waals surface area contributed by atoms with Gasteiger partial charge < -0.3 is 10.4 Å². The van der Waals surface area contributed by atoms with Crippen LogP contribution in [0.1, 0.15) is 34.3 Å². The molecule has 25 heavy (non-hydrogen) atoms. The summed E-state index contributed by atoms with van der Waals surface area (Å²) in [5.41, 5.74) is 3.35. The van der Waals surface area contributed by atoms with Crippen LogP contribution < -0.4 is 5.32 Å². The summed E-state index contributed by atoms with van der Waals surface area (Å²) < 4.78 is 1.06. The standard InChI is InChI=1S/C19H13Br2NO3/c20-14-6-9(7-15(21)18(14)24)5-13-12-8-11(17(23)10-1-2-10)3-4-16(12)22-19(13)25/h3-8,10,24H,1-2H2,(H,22,25). The molecule has 2 aromatic rings. The summed E-state index contributed by atoms with van der Waals surface area (Å²) in [5.74, 6) is 0.193. The number of phenols is 1. The SMILES string of the molecule is O=C1Nc2ccc(C(=O)C3CC3)cc2C1=Cc1cc(Br)c(O)c(Br)c1. The molecule has 1 aliphatic carbocycles. The number of phenolic OH excluding ortho intramolecular Hbond substituents is 1. The van der Waals surface area contributed by atoms with Crippen LogP contribution in [0.2, 0.25) is 0 Å². The van der Waals surface area contributed by atoms with Gasteiger partial charge in [0.2, 0.25) is 0 Å². The molecule has 4 rings (SSSR count). The van der Waals surface area contributed by atoms with Gasteiger partial charge in [0.25, 0.3) is 5.91 Å². The van der Waals surface area contributed by atoms with Gasteiger partial charge in [0.1, 0.15) is 5.75 Å². The number of Topliss-reactive ketones (excluding diaryl/α,β-unsaturated/α-hetero) is 1. The lowest BCUT2D eigenvalue weighted by molar-refractivity contribution is -0.110. The van der Waals surface area contributed by atoms with E-state index in [1.807, 2.05) is 0 Å². The van der Waals surface area contributed by atoms with E-state index in [2.05, 4.69) is 37.2 Å². The fraction of sp³-hybridized carbons (Fsp3) is 0.158. The molecule has 0 spiro atoms. The number of hydrogen-bond acceptors (Lipinski definition) is 3. The maximum atomic E-state index is 12.4. The second-order valence-corrected chi connectivity index (χ2v) is 7.95. The van der Waals surface area contributed by atoms with E-state index in [1.165, 1.54) is 0 Å². The number of halogens is 2. The molecule has 1 heterocycles. The van der Waals surface area contributed by atoms with Crippen molar-refractivity contribution in [3.63, 3.8) is 0 Å². The van der Waals surface area contributed by atoms with E-state index >= 15 is 0 Å². The van der Waals surface area contributed by atoms with Crippen molar-refractivity contribution in [3.05, 3.63) is 56.0 Å². The molecule has 0 unspecified atom stereocenters. The highest BCUT2D eigenvalue weighted by Gasteiger charge is 2.32. The van der Waals surface area contributed by atoms with Crippen molar-refractivity contribution >= 4 is 60.9 Å². The molecule has 2 aromatic carbocycles. The summed E-state index contributed by atoms with van der Waals surface area (Å²) in [6.07, 6.45) is 3.65. The van der Waals surface area contributed by atoms with Crippen molar-refractivity contribution in [1.29, 1.82) is 0 Å². The van der Waals surface area contributed by atoms with Crippen LogP contribution in [-0.4, -0.2) is 16.8 Å². The number of carbonyl (C=O) groups is 2. The summed E-state index contributed by atoms with van der Waals surface area (Å²) in [6, 6.07) is 8.82. The highest BCUT2D eigenvalue weighted by molar-refractivity contribution is 9.11. The molecule has 0 saturated heterocycles. The summed E-state index contributed by atoms with van der Waals surface area (Å²) in [7, 11) is 0. The molecule has 126 valence electrons. The number of nitrogens with one attached hydrogen (secondary N) is 1. The summed E-state index contributed by atoms with van der Waals surface area (Å²) in [4.78, 5) is 24.7. The molecular formula is C19H13Br2NO3. The van der Waals surface area contributed by atoms with Gasteiger partial charge in [-0.05, 0) is 86.7 Å². The van der Waals surface area contributed by atoms with Crippen molar-refractivity contribution in [1.82, 2.24) is 0 Å². The molecule has 0 bridgehead atoms. The predicted octanol–water partition coefficient (Wildman–Crippen LogP) is 5.00. The Morgan fingerprint density at radius 1 is 1.16 bits per heavy atom. The topological polar surface area (TPSA) is 66.4 Å². The van der Waals surface area contributed by atoms with Gasteiger partial charge in [-0.15, -0.1) is 0 Å². The van der Waals surface area contributed by atoms with E-state index in [0.717, 1.165) is 24.0 Å². The molecule has 0 atom stereocenters. The van der Waals surface area contributed by atoms with Gasteiger partial charge in [0, 0.05) is 28.3 Å². The van der Waals surface area contributed by atoms with Gasteiger partial charge in [0.15, 0.2) is 5.78 Å². The van der Waals surface area contributed by atoms with Gasteiger partial charge in [-0.25, -0.2) is 0 Å². The predicted molar refractivity (Wildman–Crippen MR) is 104 cm³/mol. The fourth-order valence-corrected chi connectivity index (χ4v) is 4.12. The Kier molecular flexibility index (Phi) is 4.04. The second kappa shape index (κ2) is 6.11. The van der Waals surface area contributed by atoms with Gasteiger partial charge in [0.05, 0.1) is 8.95 Å². The summed E-state index contributed by atoms with van der Waals surface area (Å²) in [5, 5.41) is 12.7. The molecule has 0 aromatic heterocycles. The van der Waals surface area contributed by atoms with E-state index < -0.39 is 0 Å². The van der Waals surface area contributed by atoms with E-state index in [4.69, 9.17) is 0 Å². The lowest BCUT2D eigenvalue weighted by Crippen LogP contribution is -2.03. The van der Waals surface area contributed by atoms with E-state index in [1.54, 1.807) is 36.4 Å². The Morgan fingerprint density at radius 2 is 1.84 bits per heavy atom. The molecule has 6 heteroatoms. The Morgan fingerprint density at radius 3 is 2.48 bits per heavy atom. The Balaban J connectivity index is 1.78. The number of anilines is 1. The zero-order chi connectivity index (χ0) is 17.7.